The molecule has 0 saturated carbocycles. The summed E-state index contributed by atoms with van der Waals surface area (Å²) >= 11 is 0. The lowest BCUT2D eigenvalue weighted by atomic mass is 10.1. The van der Waals surface area contributed by atoms with Crippen LogP contribution in [0.3, 0.4) is 0 Å². The number of amides is 1. The molecule has 0 aromatic rings. The predicted octanol–water partition coefficient (Wildman–Crippen LogP) is 0.185. The van der Waals surface area contributed by atoms with Gasteiger partial charge in [0, 0.05) is 31.9 Å². The van der Waals surface area contributed by atoms with Gasteiger partial charge < -0.3 is 19.9 Å². The van der Waals surface area contributed by atoms with Crippen LogP contribution in [0.15, 0.2) is 11.1 Å². The van der Waals surface area contributed by atoms with Gasteiger partial charge in [0.05, 0.1) is 12.7 Å². The van der Waals surface area contributed by atoms with Crippen LogP contribution in [0.2, 0.25) is 0 Å². The molecule has 0 aromatic carbocycles. The summed E-state index contributed by atoms with van der Waals surface area (Å²) in [6, 6.07) is 0. The van der Waals surface area contributed by atoms with E-state index < -0.39 is 11.9 Å². The Kier molecular flexibility index (Phi) is 7.16. The molecule has 0 aliphatic rings. The number of carbonyl (C=O) groups is 2. The molecule has 0 aliphatic heterocycles. The molecule has 6 nitrogen and oxygen atoms in total. The molecule has 0 rings (SSSR count). The average Bonchev–Trinajstić information content (AvgIpc) is 2.31. The van der Waals surface area contributed by atoms with E-state index in [2.05, 4.69) is 5.32 Å². The average molecular weight is 245 g/mol. The van der Waals surface area contributed by atoms with Crippen molar-refractivity contribution in [2.24, 2.45) is 0 Å². The second kappa shape index (κ2) is 7.81. The van der Waals surface area contributed by atoms with Gasteiger partial charge in [-0.25, -0.2) is 4.79 Å². The molecule has 0 aromatic heterocycles. The zero-order valence-electron chi connectivity index (χ0n) is 10.6. The molecule has 0 aliphatic carbocycles. The predicted molar refractivity (Wildman–Crippen MR) is 61.7 cm³/mol. The molecule has 1 unspecified atom stereocenters. The second-order valence-corrected chi connectivity index (χ2v) is 3.58. The van der Waals surface area contributed by atoms with Crippen molar-refractivity contribution in [1.82, 2.24) is 5.32 Å². The molecule has 6 heteroatoms. The fourth-order valence-electron chi connectivity index (χ4n) is 1.07. The van der Waals surface area contributed by atoms with E-state index in [0.29, 0.717) is 6.61 Å². The van der Waals surface area contributed by atoms with Crippen LogP contribution in [0, 0.1) is 0 Å². The van der Waals surface area contributed by atoms with Crippen LogP contribution in [0.1, 0.15) is 13.8 Å². The number of carbonyl (C=O) groups excluding carboxylic acids is 1. The van der Waals surface area contributed by atoms with Crippen LogP contribution in [0.25, 0.3) is 0 Å². The topological polar surface area (TPSA) is 84.9 Å². The first-order valence-electron chi connectivity index (χ1n) is 5.14. The van der Waals surface area contributed by atoms with Gasteiger partial charge in [-0.05, 0) is 13.8 Å². The van der Waals surface area contributed by atoms with Crippen LogP contribution in [-0.2, 0) is 19.1 Å². The number of hydrogen-bond acceptors (Lipinski definition) is 4. The van der Waals surface area contributed by atoms with E-state index in [0.717, 1.165) is 0 Å². The molecule has 0 spiro atoms. The Hall–Kier alpha value is -1.40. The molecule has 0 saturated heterocycles. The van der Waals surface area contributed by atoms with E-state index in [4.69, 9.17) is 14.6 Å². The van der Waals surface area contributed by atoms with Crippen molar-refractivity contribution in [2.75, 3.05) is 27.4 Å². The van der Waals surface area contributed by atoms with E-state index in [1.165, 1.54) is 28.1 Å². The molecule has 98 valence electrons. The number of nitrogens with one attached hydrogen (secondary N) is 1. The minimum Gasteiger partial charge on any atom is -0.478 e. The highest BCUT2D eigenvalue weighted by Gasteiger charge is 2.14. The molecular formula is C11H19NO5. The molecule has 1 atom stereocenters. The summed E-state index contributed by atoms with van der Waals surface area (Å²) in [4.78, 5) is 22.2. The van der Waals surface area contributed by atoms with Crippen molar-refractivity contribution < 1.29 is 24.2 Å². The van der Waals surface area contributed by atoms with Gasteiger partial charge in [-0.15, -0.1) is 0 Å². The zero-order chi connectivity index (χ0) is 13.4. The molecule has 2 N–H and O–H groups in total. The van der Waals surface area contributed by atoms with Gasteiger partial charge in [0.1, 0.15) is 0 Å². The Morgan fingerprint density at radius 3 is 2.24 bits per heavy atom. The number of ether oxygens (including phenoxy) is 2. The third kappa shape index (κ3) is 5.46. The van der Waals surface area contributed by atoms with E-state index in [1.54, 1.807) is 0 Å². The summed E-state index contributed by atoms with van der Waals surface area (Å²) in [5.74, 6) is -1.51. The molecular weight excluding hydrogens is 226 g/mol. The highest BCUT2D eigenvalue weighted by molar-refractivity contribution is 6.01. The summed E-state index contributed by atoms with van der Waals surface area (Å²) < 4.78 is 9.95. The highest BCUT2D eigenvalue weighted by atomic mass is 16.5. The Morgan fingerprint density at radius 1 is 1.24 bits per heavy atom. The number of methoxy groups -OCH3 is 2. The number of hydrogen-bond donors (Lipinski definition) is 2. The number of aliphatic carboxylic acids is 1. The third-order valence-corrected chi connectivity index (χ3v) is 2.40. The van der Waals surface area contributed by atoms with Crippen LogP contribution < -0.4 is 5.32 Å². The first-order valence-corrected chi connectivity index (χ1v) is 5.14. The first-order chi connectivity index (χ1) is 7.93. The van der Waals surface area contributed by atoms with Crippen molar-refractivity contribution in [2.45, 2.75) is 20.0 Å². The van der Waals surface area contributed by atoms with Crippen LogP contribution in [0.5, 0.6) is 0 Å². The molecule has 17 heavy (non-hydrogen) atoms. The molecule has 0 radical (unpaired) electrons. The lowest BCUT2D eigenvalue weighted by Crippen LogP contribution is -2.36. The maximum absolute atomic E-state index is 11.6. The smallest absolute Gasteiger partial charge is 0.331 e. The lowest BCUT2D eigenvalue weighted by Gasteiger charge is -2.15. The Balaban J connectivity index is 4.36. The van der Waals surface area contributed by atoms with E-state index in [9.17, 15) is 9.59 Å². The van der Waals surface area contributed by atoms with E-state index >= 15 is 0 Å². The minimum atomic E-state index is -1.10. The van der Waals surface area contributed by atoms with Crippen LogP contribution >= 0.6 is 0 Å². The zero-order valence-corrected chi connectivity index (χ0v) is 10.6. The fourth-order valence-corrected chi connectivity index (χ4v) is 1.07. The normalized spacial score (nSPS) is 13.9. The number of rotatable bonds is 7. The van der Waals surface area contributed by atoms with Gasteiger partial charge in [-0.3, -0.25) is 4.79 Å². The van der Waals surface area contributed by atoms with Gasteiger partial charge in [0.2, 0.25) is 5.91 Å². The Bertz CT molecular complexity index is 311. The summed E-state index contributed by atoms with van der Waals surface area (Å²) in [6.07, 6.45) is -0.248. The maximum atomic E-state index is 11.6. The monoisotopic (exact) mass is 245 g/mol. The van der Waals surface area contributed by atoms with Crippen molar-refractivity contribution in [1.29, 1.82) is 0 Å². The maximum Gasteiger partial charge on any atom is 0.331 e. The first kappa shape index (κ1) is 15.6. The number of carboxylic acid groups (broad SMARTS) is 1. The van der Waals surface area contributed by atoms with E-state index in [-0.39, 0.29) is 23.8 Å². The van der Waals surface area contributed by atoms with Gasteiger partial charge in [0.25, 0.3) is 0 Å². The summed E-state index contributed by atoms with van der Waals surface area (Å²) in [7, 11) is 3.05. The van der Waals surface area contributed by atoms with Crippen LogP contribution in [-0.4, -0.2) is 50.5 Å². The van der Waals surface area contributed by atoms with Crippen molar-refractivity contribution in [3.63, 3.8) is 0 Å². The molecule has 1 amide bonds. The second-order valence-electron chi connectivity index (χ2n) is 3.58. The largest absolute Gasteiger partial charge is 0.478 e. The number of carboxylic acids is 1. The molecule has 0 bridgehead atoms. The van der Waals surface area contributed by atoms with Crippen molar-refractivity contribution >= 4 is 11.9 Å². The lowest BCUT2D eigenvalue weighted by molar-refractivity contribution is -0.133. The summed E-state index contributed by atoms with van der Waals surface area (Å²) in [5, 5.41) is 11.3. The molecule has 0 heterocycles. The Morgan fingerprint density at radius 2 is 1.82 bits per heavy atom. The molecule has 0 fully saturated rings. The summed E-state index contributed by atoms with van der Waals surface area (Å²) in [5.41, 5.74) is 0.216. The standard InChI is InChI=1S/C11H19NO5/c1-7(8(2)11(14)15)10(13)12-5-9(17-4)6-16-3/h9H,5-6H2,1-4H3,(H,12,13)(H,14,15). The van der Waals surface area contributed by atoms with E-state index in [1.807, 2.05) is 0 Å². The Labute approximate surface area is 101 Å². The third-order valence-electron chi connectivity index (χ3n) is 2.40. The minimum absolute atomic E-state index is 0.0307. The van der Waals surface area contributed by atoms with Crippen molar-refractivity contribution in [3.05, 3.63) is 11.1 Å². The van der Waals surface area contributed by atoms with Crippen molar-refractivity contribution in [3.8, 4) is 0 Å². The van der Waals surface area contributed by atoms with Gasteiger partial charge >= 0.3 is 5.97 Å². The fraction of sp³-hybridized carbons (Fsp3) is 0.636. The summed E-state index contributed by atoms with van der Waals surface area (Å²) in [6.45, 7) is 3.49. The quantitative estimate of drug-likeness (QED) is 0.625. The van der Waals surface area contributed by atoms with Gasteiger partial charge in [-0.2, -0.15) is 0 Å². The van der Waals surface area contributed by atoms with Gasteiger partial charge in [0.15, 0.2) is 0 Å². The highest BCUT2D eigenvalue weighted by Crippen LogP contribution is 2.03. The van der Waals surface area contributed by atoms with Gasteiger partial charge in [-0.1, -0.05) is 0 Å². The SMILES string of the molecule is COCC(CNC(=O)C(C)=C(C)C(=O)O)OC. The van der Waals surface area contributed by atoms with Crippen LogP contribution in [0.4, 0.5) is 0 Å².